The quantitative estimate of drug-likeness (QED) is 0.644. The average Bonchev–Trinajstić information content (AvgIpc) is 1.84. The van der Waals surface area contributed by atoms with Gasteiger partial charge in [-0.15, -0.1) is 0 Å². The normalized spacial score (nSPS) is 12.2. The van der Waals surface area contributed by atoms with E-state index in [0.717, 1.165) is 12.8 Å². The minimum Gasteiger partial charge on any atom is -0.481 e. The number of allylic oxidation sites excluding steroid dienone is 2. The Bertz CT molecular complexity index is 169. The van der Waals surface area contributed by atoms with Gasteiger partial charge in [-0.1, -0.05) is 39.3 Å². The van der Waals surface area contributed by atoms with Gasteiger partial charge in [0.15, 0.2) is 0 Å². The lowest BCUT2D eigenvalue weighted by Crippen LogP contribution is -2.13. The zero-order valence-corrected chi connectivity index (χ0v) is 8.13. The van der Waals surface area contributed by atoms with Crippen molar-refractivity contribution in [2.24, 2.45) is 5.41 Å². The molecule has 0 fully saturated rings. The maximum atomic E-state index is 10.4. The van der Waals surface area contributed by atoms with Crippen LogP contribution in [0.5, 0.6) is 0 Å². The van der Waals surface area contributed by atoms with Crippen LogP contribution in [0.4, 0.5) is 0 Å². The first-order valence-electron chi connectivity index (χ1n) is 4.37. The standard InChI is InChI=1S/C10H18O2/c1-4-5-6-7-10(2,3)8-9(11)12/h6-7H,4-5,8H2,1-3H3,(H,11,12)/b7-6+. The van der Waals surface area contributed by atoms with Crippen LogP contribution in [0.1, 0.15) is 40.0 Å². The summed E-state index contributed by atoms with van der Waals surface area (Å²) in [5.74, 6) is -0.735. The molecule has 2 nitrogen and oxygen atoms in total. The molecule has 0 aromatic rings. The highest BCUT2D eigenvalue weighted by molar-refractivity contribution is 5.67. The Labute approximate surface area is 74.3 Å². The van der Waals surface area contributed by atoms with E-state index in [9.17, 15) is 4.79 Å². The van der Waals surface area contributed by atoms with Crippen LogP contribution in [0.3, 0.4) is 0 Å². The molecule has 0 rings (SSSR count). The van der Waals surface area contributed by atoms with E-state index in [1.165, 1.54) is 0 Å². The van der Waals surface area contributed by atoms with E-state index in [1.807, 2.05) is 19.9 Å². The maximum Gasteiger partial charge on any atom is 0.304 e. The predicted molar refractivity (Wildman–Crippen MR) is 50.1 cm³/mol. The van der Waals surface area contributed by atoms with Crippen LogP contribution >= 0.6 is 0 Å². The van der Waals surface area contributed by atoms with Crippen LogP contribution in [-0.2, 0) is 4.79 Å². The zero-order valence-electron chi connectivity index (χ0n) is 8.13. The van der Waals surface area contributed by atoms with Gasteiger partial charge in [-0.25, -0.2) is 0 Å². The Morgan fingerprint density at radius 3 is 2.50 bits per heavy atom. The third-order valence-electron chi connectivity index (χ3n) is 1.63. The summed E-state index contributed by atoms with van der Waals surface area (Å²) >= 11 is 0. The highest BCUT2D eigenvalue weighted by Crippen LogP contribution is 2.22. The summed E-state index contributed by atoms with van der Waals surface area (Å²) in [6, 6.07) is 0. The molecule has 0 aromatic carbocycles. The van der Waals surface area contributed by atoms with Gasteiger partial charge in [0.05, 0.1) is 6.42 Å². The van der Waals surface area contributed by atoms with Crippen molar-refractivity contribution in [3.8, 4) is 0 Å². The lowest BCUT2D eigenvalue weighted by molar-refractivity contribution is -0.138. The number of carboxylic acid groups (broad SMARTS) is 1. The van der Waals surface area contributed by atoms with Crippen LogP contribution in [0.2, 0.25) is 0 Å². The van der Waals surface area contributed by atoms with Crippen LogP contribution in [0.15, 0.2) is 12.2 Å². The average molecular weight is 170 g/mol. The fourth-order valence-corrected chi connectivity index (χ4v) is 1.02. The van der Waals surface area contributed by atoms with Gasteiger partial charge in [0, 0.05) is 0 Å². The molecule has 0 aliphatic carbocycles. The van der Waals surface area contributed by atoms with Crippen molar-refractivity contribution in [3.63, 3.8) is 0 Å². The van der Waals surface area contributed by atoms with Crippen LogP contribution in [0, 0.1) is 5.41 Å². The van der Waals surface area contributed by atoms with Gasteiger partial charge in [0.2, 0.25) is 0 Å². The second-order valence-electron chi connectivity index (χ2n) is 3.75. The molecule has 0 spiro atoms. The van der Waals surface area contributed by atoms with Crippen molar-refractivity contribution < 1.29 is 9.90 Å². The molecule has 0 unspecified atom stereocenters. The number of unbranched alkanes of at least 4 members (excludes halogenated alkanes) is 1. The number of carboxylic acids is 1. The van der Waals surface area contributed by atoms with Crippen molar-refractivity contribution in [2.45, 2.75) is 40.0 Å². The number of aliphatic carboxylic acids is 1. The van der Waals surface area contributed by atoms with Crippen LogP contribution in [-0.4, -0.2) is 11.1 Å². The highest BCUT2D eigenvalue weighted by Gasteiger charge is 2.17. The first-order chi connectivity index (χ1) is 5.48. The molecule has 0 saturated heterocycles. The SMILES string of the molecule is CCC/C=C/C(C)(C)CC(=O)O. The Balaban J connectivity index is 3.93. The smallest absolute Gasteiger partial charge is 0.304 e. The summed E-state index contributed by atoms with van der Waals surface area (Å²) in [7, 11) is 0. The van der Waals surface area contributed by atoms with Crippen LogP contribution in [0.25, 0.3) is 0 Å². The van der Waals surface area contributed by atoms with E-state index in [4.69, 9.17) is 5.11 Å². The molecule has 0 saturated carbocycles. The molecular weight excluding hydrogens is 152 g/mol. The monoisotopic (exact) mass is 170 g/mol. The van der Waals surface area contributed by atoms with Crippen molar-refractivity contribution >= 4 is 5.97 Å². The molecule has 0 heterocycles. The third kappa shape index (κ3) is 5.96. The summed E-state index contributed by atoms with van der Waals surface area (Å²) in [6.45, 7) is 5.98. The Kier molecular flexibility index (Phi) is 4.64. The molecule has 70 valence electrons. The molecule has 12 heavy (non-hydrogen) atoms. The first-order valence-corrected chi connectivity index (χ1v) is 4.37. The van der Waals surface area contributed by atoms with Gasteiger partial charge < -0.3 is 5.11 Å². The number of hydrogen-bond acceptors (Lipinski definition) is 1. The Hall–Kier alpha value is -0.790. The summed E-state index contributed by atoms with van der Waals surface area (Å²) < 4.78 is 0. The van der Waals surface area contributed by atoms with E-state index in [1.54, 1.807) is 0 Å². The van der Waals surface area contributed by atoms with E-state index >= 15 is 0 Å². The molecule has 1 N–H and O–H groups in total. The van der Waals surface area contributed by atoms with Crippen molar-refractivity contribution in [1.82, 2.24) is 0 Å². The fourth-order valence-electron chi connectivity index (χ4n) is 1.02. The molecule has 0 amide bonds. The lowest BCUT2D eigenvalue weighted by Gasteiger charge is -2.16. The van der Waals surface area contributed by atoms with Crippen molar-refractivity contribution in [3.05, 3.63) is 12.2 Å². The van der Waals surface area contributed by atoms with E-state index in [-0.39, 0.29) is 11.8 Å². The molecule has 0 aliphatic rings. The van der Waals surface area contributed by atoms with E-state index in [2.05, 4.69) is 13.0 Å². The minimum atomic E-state index is -0.735. The predicted octanol–water partition coefficient (Wildman–Crippen LogP) is 2.84. The van der Waals surface area contributed by atoms with Gasteiger partial charge >= 0.3 is 5.97 Å². The first kappa shape index (κ1) is 11.2. The van der Waals surface area contributed by atoms with E-state index in [0.29, 0.717) is 0 Å². The molecule has 0 aliphatic heterocycles. The number of carbonyl (C=O) groups is 1. The van der Waals surface area contributed by atoms with Gasteiger partial charge in [0.1, 0.15) is 0 Å². The van der Waals surface area contributed by atoms with Gasteiger partial charge in [-0.05, 0) is 11.8 Å². The topological polar surface area (TPSA) is 37.3 Å². The maximum absolute atomic E-state index is 10.4. The number of hydrogen-bond donors (Lipinski definition) is 1. The molecule has 0 atom stereocenters. The minimum absolute atomic E-state index is 0.202. The Morgan fingerprint density at radius 1 is 1.50 bits per heavy atom. The second-order valence-corrected chi connectivity index (χ2v) is 3.75. The van der Waals surface area contributed by atoms with Crippen LogP contribution < -0.4 is 0 Å². The van der Waals surface area contributed by atoms with E-state index < -0.39 is 5.97 Å². The third-order valence-corrected chi connectivity index (χ3v) is 1.63. The van der Waals surface area contributed by atoms with Gasteiger partial charge in [0.25, 0.3) is 0 Å². The Morgan fingerprint density at radius 2 is 2.08 bits per heavy atom. The fraction of sp³-hybridized carbons (Fsp3) is 0.700. The number of rotatable bonds is 5. The summed E-state index contributed by atoms with van der Waals surface area (Å²) in [4.78, 5) is 10.4. The molecule has 0 radical (unpaired) electrons. The summed E-state index contributed by atoms with van der Waals surface area (Å²) in [5, 5.41) is 8.57. The molecule has 0 aromatic heterocycles. The molecular formula is C10H18O2. The lowest BCUT2D eigenvalue weighted by atomic mass is 9.89. The summed E-state index contributed by atoms with van der Waals surface area (Å²) in [6.07, 6.45) is 6.39. The highest BCUT2D eigenvalue weighted by atomic mass is 16.4. The zero-order chi connectivity index (χ0) is 9.61. The van der Waals surface area contributed by atoms with Gasteiger partial charge in [-0.3, -0.25) is 4.79 Å². The summed E-state index contributed by atoms with van der Waals surface area (Å²) in [5.41, 5.74) is -0.207. The molecule has 2 heteroatoms. The van der Waals surface area contributed by atoms with Crippen molar-refractivity contribution in [2.75, 3.05) is 0 Å². The van der Waals surface area contributed by atoms with Gasteiger partial charge in [-0.2, -0.15) is 0 Å². The largest absolute Gasteiger partial charge is 0.481 e. The molecule has 0 bridgehead atoms. The second kappa shape index (κ2) is 4.96. The van der Waals surface area contributed by atoms with Crippen molar-refractivity contribution in [1.29, 1.82) is 0 Å².